The minimum Gasteiger partial charge on any atom is -0.481 e. The molecule has 1 aliphatic heterocycles. The number of cyclic esters (lactones) is 1. The van der Waals surface area contributed by atoms with Gasteiger partial charge in [-0.25, -0.2) is 9.78 Å². The lowest BCUT2D eigenvalue weighted by atomic mass is 9.96. The van der Waals surface area contributed by atoms with Gasteiger partial charge < -0.3 is 127 Å². The Morgan fingerprint density at radius 2 is 1.10 bits per heavy atom. The van der Waals surface area contributed by atoms with E-state index in [1.54, 1.807) is 30.5 Å². The lowest BCUT2D eigenvalue weighted by Gasteiger charge is -2.30. The lowest BCUT2D eigenvalue weighted by Crippen LogP contribution is -2.62. The van der Waals surface area contributed by atoms with Crippen LogP contribution in [0.4, 0.5) is 11.5 Å². The zero-order valence-corrected chi connectivity index (χ0v) is 68.2. The van der Waals surface area contributed by atoms with E-state index in [2.05, 4.69) is 75.4 Å². The standard InChI is InChI=1S/C78H105N19O27/c1-5-6-7-8-9-10-11-24-57(101)89-48(28-41-34-84-46-22-15-13-18-42(41)46)72(117)92-49(30-56(80)100)73(118)94-52(33-63(110)111)74(119)97-65-40(4)124-78(123)53(29-55(99)43-19-12-14-21-45(43)79)95-77(122)64(38(2)27-60(104)105)96-75(120)54(37-98)90-59(103)35-85-69(114)50(31-61(106)107)91-67(112)39(3)87-71(116)51(32-62(108)109)93-70(115)47(88-58(102)36-86-76(65)121)23-17-26-83-68(113)44-20-16-25-82-66(44)81/h12-16,18-22,25,34,38-40,47-54,64-65,84,98H,5-11,17,23-24,26-33,35-37,79H2,1-4H3,(H2,80,100)(H2,81,82)(H,83,113)(H,85,114)(H,86,121)(H,87,116)(H,88,102)(H,89,101)(H,90,103)(H,91,112)(H,92,117)(H,93,115)(H,94,118)(H,95,122)(H,96,120)(H,97,119)(H,104,105)(H,106,107)(H,108,109)(H,110,111). The first-order valence-corrected chi connectivity index (χ1v) is 39.4. The third-order valence-electron chi connectivity index (χ3n) is 19.2. The number of carbonyl (C=O) groups excluding carboxylic acids is 17. The Hall–Kier alpha value is -14.2. The summed E-state index contributed by atoms with van der Waals surface area (Å²) in [6.45, 7) is 0.784. The highest BCUT2D eigenvalue weighted by Crippen LogP contribution is 2.22. The van der Waals surface area contributed by atoms with Gasteiger partial charge in [0.15, 0.2) is 5.78 Å². The van der Waals surface area contributed by atoms with Gasteiger partial charge in [0.25, 0.3) is 5.91 Å². The number of esters is 1. The third kappa shape index (κ3) is 33.4. The van der Waals surface area contributed by atoms with Crippen molar-refractivity contribution in [2.45, 2.75) is 209 Å². The SMILES string of the molecule is CCCCCCCCCC(=O)NC(Cc1c[nH]c2ccccc12)C(=O)NC(CC(N)=O)C(=O)NC(CC(=O)O)C(=O)NC1C(=O)NCC(=O)NC(CCCNC(=O)c2cccnc2N)C(=O)NC(CC(=O)O)C(=O)NC(C)C(=O)NC(CC(=O)O)C(=O)NCC(=O)NC(CO)C(=O)NC(C(C)CC(=O)O)C(=O)NC(CC(=O)c2ccccc2N)C(=O)OC1C. The maximum Gasteiger partial charge on any atom is 0.329 e. The van der Waals surface area contributed by atoms with Crippen LogP contribution in [0.2, 0.25) is 0 Å². The molecule has 1 aliphatic rings. The molecule has 46 heteroatoms. The number of pyridine rings is 1. The van der Waals surface area contributed by atoms with Crippen molar-refractivity contribution in [1.82, 2.24) is 84.4 Å². The van der Waals surface area contributed by atoms with Crippen LogP contribution in [0.5, 0.6) is 0 Å². The second kappa shape index (κ2) is 50.1. The first-order valence-electron chi connectivity index (χ1n) is 39.4. The number of rotatable bonds is 37. The number of fused-ring (bicyclic) bond motifs is 1. The predicted octanol–water partition coefficient (Wildman–Crippen LogP) is -5.17. The highest BCUT2D eigenvalue weighted by atomic mass is 16.5. The van der Waals surface area contributed by atoms with Gasteiger partial charge in [0.1, 0.15) is 78.4 Å². The normalized spacial score (nSPS) is 20.4. The molecule has 13 unspecified atom stereocenters. The van der Waals surface area contributed by atoms with Crippen molar-refractivity contribution in [2.24, 2.45) is 11.7 Å². The number of nitrogens with two attached hydrogens (primary N) is 3. The number of aliphatic hydroxyl groups excluding tert-OH is 1. The van der Waals surface area contributed by atoms with E-state index < -0.39 is 267 Å². The van der Waals surface area contributed by atoms with Crippen molar-refractivity contribution in [3.05, 3.63) is 89.7 Å². The van der Waals surface area contributed by atoms with E-state index in [9.17, 15) is 126 Å². The van der Waals surface area contributed by atoms with Crippen LogP contribution >= 0.6 is 0 Å². The number of nitrogen functional groups attached to an aromatic ring is 2. The molecule has 15 amide bonds. The summed E-state index contributed by atoms with van der Waals surface area (Å²) in [7, 11) is 0. The molecule has 2 aromatic carbocycles. The van der Waals surface area contributed by atoms with Gasteiger partial charge in [-0.05, 0) is 74.9 Å². The third-order valence-corrected chi connectivity index (χ3v) is 19.2. The van der Waals surface area contributed by atoms with Crippen molar-refractivity contribution < 1.29 is 131 Å². The number of amides is 15. The van der Waals surface area contributed by atoms with Gasteiger partial charge in [-0.2, -0.15) is 0 Å². The number of hydrogen-bond donors (Lipinski definition) is 23. The maximum absolute atomic E-state index is 15.0. The molecule has 1 saturated heterocycles. The number of primary amides is 1. The molecule has 124 heavy (non-hydrogen) atoms. The molecule has 3 heterocycles. The van der Waals surface area contributed by atoms with Crippen LogP contribution in [0, 0.1) is 5.92 Å². The van der Waals surface area contributed by atoms with Gasteiger partial charge in [-0.1, -0.05) is 82.7 Å². The molecule has 0 bridgehead atoms. The number of hydrogen-bond acceptors (Lipinski definition) is 26. The largest absolute Gasteiger partial charge is 0.481 e. The average Bonchev–Trinajstić information content (AvgIpc) is 1.67. The average molecular weight is 1740 g/mol. The van der Waals surface area contributed by atoms with Gasteiger partial charge >= 0.3 is 29.8 Å². The number of ether oxygens (including phenoxy) is 1. The molecule has 0 radical (unpaired) electrons. The van der Waals surface area contributed by atoms with Crippen molar-refractivity contribution >= 4 is 147 Å². The molecular formula is C78H105N19O27. The Balaban J connectivity index is 1.64. The van der Waals surface area contributed by atoms with E-state index in [1.807, 2.05) is 16.0 Å². The van der Waals surface area contributed by atoms with Crippen LogP contribution in [0.1, 0.15) is 157 Å². The molecule has 0 aliphatic carbocycles. The number of unbranched alkanes of at least 4 members (excludes halogenated alkanes) is 6. The maximum atomic E-state index is 15.0. The minimum atomic E-state index is -2.50. The number of aromatic nitrogens is 2. The number of ketones is 1. The molecule has 5 rings (SSSR count). The van der Waals surface area contributed by atoms with Gasteiger partial charge in [-0.15, -0.1) is 0 Å². The monoisotopic (exact) mass is 1740 g/mol. The highest BCUT2D eigenvalue weighted by molar-refractivity contribution is 6.05. The van der Waals surface area contributed by atoms with Crippen LogP contribution in [0.15, 0.2) is 73.1 Å². The second-order valence-electron chi connectivity index (χ2n) is 29.2. The number of aliphatic hydroxyl groups is 1. The van der Waals surface area contributed by atoms with Gasteiger partial charge in [0.05, 0.1) is 57.4 Å². The Morgan fingerprint density at radius 3 is 1.73 bits per heavy atom. The van der Waals surface area contributed by atoms with E-state index in [-0.39, 0.29) is 48.4 Å². The molecule has 26 N–H and O–H groups in total. The molecule has 0 saturated carbocycles. The van der Waals surface area contributed by atoms with Gasteiger partial charge in [0, 0.05) is 60.4 Å². The zero-order valence-electron chi connectivity index (χ0n) is 68.2. The van der Waals surface area contributed by atoms with E-state index in [0.29, 0.717) is 29.3 Å². The molecule has 1 fully saturated rings. The first-order chi connectivity index (χ1) is 58.7. The fourth-order valence-electron chi connectivity index (χ4n) is 12.6. The Morgan fingerprint density at radius 1 is 0.548 bits per heavy atom. The summed E-state index contributed by atoms with van der Waals surface area (Å²) in [5.41, 5.74) is 18.1. The number of Topliss-reactive ketones (excluding diaryl/α,β-unsaturated/α-hetero) is 1. The summed E-state index contributed by atoms with van der Waals surface area (Å²) in [4.78, 5) is 296. The number of nitrogens with one attached hydrogen (secondary N) is 15. The van der Waals surface area contributed by atoms with Crippen LogP contribution in [-0.2, 0) is 102 Å². The second-order valence-corrected chi connectivity index (χ2v) is 29.2. The minimum absolute atomic E-state index is 0.0329. The van der Waals surface area contributed by atoms with E-state index in [1.165, 1.54) is 42.6 Å². The zero-order chi connectivity index (χ0) is 92.0. The summed E-state index contributed by atoms with van der Waals surface area (Å²) in [6, 6.07) is -8.47. The quantitative estimate of drug-likeness (QED) is 0.00869. The number of carboxylic acids is 4. The van der Waals surface area contributed by atoms with E-state index in [4.69, 9.17) is 21.9 Å². The summed E-state index contributed by atoms with van der Waals surface area (Å²) in [6.07, 6.45) is -1.75. The number of benzene rings is 2. The van der Waals surface area contributed by atoms with Crippen LogP contribution in [-0.4, -0.2) is 259 Å². The Bertz CT molecular complexity index is 4580. The molecule has 46 nitrogen and oxygen atoms in total. The van der Waals surface area contributed by atoms with Crippen LogP contribution in [0.3, 0.4) is 0 Å². The Kier molecular flexibility index (Phi) is 40.5. The van der Waals surface area contributed by atoms with E-state index >= 15 is 0 Å². The number of aromatic amines is 1. The number of carboxylic acid groups (broad SMARTS) is 4. The summed E-state index contributed by atoms with van der Waals surface area (Å²) < 4.78 is 5.71. The highest BCUT2D eigenvalue weighted by Gasteiger charge is 2.41. The topological polar surface area (TPSA) is 744 Å². The number of carbonyl (C=O) groups is 21. The smallest absolute Gasteiger partial charge is 0.329 e. The summed E-state index contributed by atoms with van der Waals surface area (Å²) >= 11 is 0. The summed E-state index contributed by atoms with van der Waals surface area (Å²) in [5, 5.41) is 81.6. The first kappa shape index (κ1) is 100. The molecule has 674 valence electrons. The van der Waals surface area contributed by atoms with Crippen molar-refractivity contribution in [2.75, 3.05) is 37.7 Å². The van der Waals surface area contributed by atoms with Crippen molar-refractivity contribution in [3.63, 3.8) is 0 Å². The number of nitrogens with zero attached hydrogens (tertiary/aromatic N) is 1. The predicted molar refractivity (Wildman–Crippen MR) is 432 cm³/mol. The fourth-order valence-corrected chi connectivity index (χ4v) is 12.6. The Labute approximate surface area is 707 Å². The van der Waals surface area contributed by atoms with Crippen molar-refractivity contribution in [3.8, 4) is 0 Å². The molecule has 0 spiro atoms. The van der Waals surface area contributed by atoms with Gasteiger partial charge in [0.2, 0.25) is 82.7 Å². The van der Waals surface area contributed by atoms with Crippen LogP contribution in [0.25, 0.3) is 10.9 Å². The molecular weight excluding hydrogens is 1630 g/mol. The van der Waals surface area contributed by atoms with Gasteiger partial charge in [-0.3, -0.25) is 95.9 Å². The lowest BCUT2D eigenvalue weighted by molar-refractivity contribution is -0.156. The molecule has 2 aromatic heterocycles. The molecule has 13 atom stereocenters. The number of H-pyrrole nitrogens is 1. The van der Waals surface area contributed by atoms with Crippen molar-refractivity contribution in [1.29, 1.82) is 0 Å². The van der Waals surface area contributed by atoms with Crippen LogP contribution < -0.4 is 91.6 Å². The number of para-hydroxylation sites is 2. The summed E-state index contributed by atoms with van der Waals surface area (Å²) in [5.74, 6) is -31.4. The van der Waals surface area contributed by atoms with E-state index in [0.717, 1.165) is 52.9 Å². The fraction of sp³-hybridized carbons (Fsp3) is 0.487. The molecule has 4 aromatic rings. The number of anilines is 2. The number of aliphatic carboxylic acids is 4.